The lowest BCUT2D eigenvalue weighted by Gasteiger charge is -2.40. The summed E-state index contributed by atoms with van der Waals surface area (Å²) in [6.45, 7) is 6.50. The summed E-state index contributed by atoms with van der Waals surface area (Å²) in [4.78, 5) is 27.4. The van der Waals surface area contributed by atoms with Crippen LogP contribution in [0.15, 0.2) is 12.1 Å². The minimum absolute atomic E-state index is 0.00894. The second kappa shape index (κ2) is 7.42. The maximum atomic E-state index is 12.4. The van der Waals surface area contributed by atoms with Gasteiger partial charge in [0.25, 0.3) is 5.69 Å². The molecule has 7 heteroatoms. The van der Waals surface area contributed by atoms with Crippen molar-refractivity contribution in [1.29, 1.82) is 5.26 Å². The van der Waals surface area contributed by atoms with Crippen molar-refractivity contribution in [2.45, 2.75) is 45.7 Å². The summed E-state index contributed by atoms with van der Waals surface area (Å²) in [5, 5.41) is 20.4. The van der Waals surface area contributed by atoms with E-state index >= 15 is 0 Å². The first-order chi connectivity index (χ1) is 12.4. The van der Waals surface area contributed by atoms with Gasteiger partial charge in [-0.25, -0.2) is 0 Å². The molecule has 1 aliphatic carbocycles. The second-order valence-electron chi connectivity index (χ2n) is 7.47. The predicted octanol–water partition coefficient (Wildman–Crippen LogP) is 2.61. The first-order valence-corrected chi connectivity index (χ1v) is 9.09. The monoisotopic (exact) mass is 356 g/mol. The molecule has 138 valence electrons. The molecule has 26 heavy (non-hydrogen) atoms. The molecule has 1 saturated carbocycles. The number of hydrogen-bond donors (Lipinski definition) is 0. The van der Waals surface area contributed by atoms with Gasteiger partial charge in [-0.15, -0.1) is 0 Å². The Kier molecular flexibility index (Phi) is 5.23. The van der Waals surface area contributed by atoms with Gasteiger partial charge in [-0.05, 0) is 44.2 Å². The van der Waals surface area contributed by atoms with Crippen molar-refractivity contribution in [3.8, 4) is 6.07 Å². The van der Waals surface area contributed by atoms with Gasteiger partial charge in [0.05, 0.1) is 16.6 Å². The van der Waals surface area contributed by atoms with E-state index < -0.39 is 4.92 Å². The summed E-state index contributed by atoms with van der Waals surface area (Å²) in [5.41, 5.74) is 1.71. The van der Waals surface area contributed by atoms with E-state index in [9.17, 15) is 14.9 Å². The standard InChI is InChI=1S/C19H24N4O3/c1-13-11-21(5-6-22(13)19(24)9-15-3-4-15)12-17-7-16(10-20)8-18(14(17)2)23(25)26/h7-8,13,15H,3-6,9,11-12H2,1-2H3. The van der Waals surface area contributed by atoms with Crippen molar-refractivity contribution in [2.24, 2.45) is 5.92 Å². The molecule has 1 amide bonds. The van der Waals surface area contributed by atoms with Crippen LogP contribution in [-0.2, 0) is 11.3 Å². The fourth-order valence-corrected chi connectivity index (χ4v) is 3.65. The zero-order valence-corrected chi connectivity index (χ0v) is 15.3. The van der Waals surface area contributed by atoms with E-state index in [-0.39, 0.29) is 17.6 Å². The Morgan fingerprint density at radius 2 is 2.12 bits per heavy atom. The molecule has 0 radical (unpaired) electrons. The zero-order valence-electron chi connectivity index (χ0n) is 15.3. The summed E-state index contributed by atoms with van der Waals surface area (Å²) >= 11 is 0. The Bertz CT molecular complexity index is 767. The van der Waals surface area contributed by atoms with Crippen LogP contribution in [-0.4, -0.2) is 46.3 Å². The number of amides is 1. The summed E-state index contributed by atoms with van der Waals surface area (Å²) in [7, 11) is 0. The summed E-state index contributed by atoms with van der Waals surface area (Å²) in [6, 6.07) is 5.20. The van der Waals surface area contributed by atoms with E-state index in [1.54, 1.807) is 13.0 Å². The number of nitriles is 1. The smallest absolute Gasteiger partial charge is 0.273 e. The molecular formula is C19H24N4O3. The van der Waals surface area contributed by atoms with E-state index in [1.165, 1.54) is 18.9 Å². The van der Waals surface area contributed by atoms with Gasteiger partial charge in [-0.1, -0.05) is 0 Å². The average molecular weight is 356 g/mol. The topological polar surface area (TPSA) is 90.5 Å². The van der Waals surface area contributed by atoms with Crippen molar-refractivity contribution in [3.63, 3.8) is 0 Å². The summed E-state index contributed by atoms with van der Waals surface area (Å²) in [6.07, 6.45) is 3.01. The molecular weight excluding hydrogens is 332 g/mol. The van der Waals surface area contributed by atoms with E-state index in [0.717, 1.165) is 18.7 Å². The van der Waals surface area contributed by atoms with E-state index in [4.69, 9.17) is 5.26 Å². The van der Waals surface area contributed by atoms with Crippen LogP contribution in [0.1, 0.15) is 42.9 Å². The van der Waals surface area contributed by atoms with E-state index in [1.807, 2.05) is 11.0 Å². The minimum atomic E-state index is -0.434. The van der Waals surface area contributed by atoms with Crippen molar-refractivity contribution < 1.29 is 9.72 Å². The first-order valence-electron chi connectivity index (χ1n) is 9.09. The molecule has 1 unspecified atom stereocenters. The molecule has 2 fully saturated rings. The van der Waals surface area contributed by atoms with Crippen molar-refractivity contribution in [1.82, 2.24) is 9.80 Å². The van der Waals surface area contributed by atoms with Gasteiger partial charge >= 0.3 is 0 Å². The number of piperazine rings is 1. The lowest BCUT2D eigenvalue weighted by atomic mass is 10.0. The van der Waals surface area contributed by atoms with Crippen LogP contribution < -0.4 is 0 Å². The number of rotatable bonds is 5. The number of carbonyl (C=O) groups excluding carboxylic acids is 1. The molecule has 1 aliphatic heterocycles. The Balaban J connectivity index is 1.68. The lowest BCUT2D eigenvalue weighted by Crippen LogP contribution is -2.53. The van der Waals surface area contributed by atoms with Crippen LogP contribution in [0.5, 0.6) is 0 Å². The molecule has 1 heterocycles. The second-order valence-corrected chi connectivity index (χ2v) is 7.47. The highest BCUT2D eigenvalue weighted by atomic mass is 16.6. The Morgan fingerprint density at radius 1 is 1.38 bits per heavy atom. The maximum absolute atomic E-state index is 12.4. The molecule has 0 N–H and O–H groups in total. The average Bonchev–Trinajstić information content (AvgIpc) is 3.40. The van der Waals surface area contributed by atoms with Gasteiger partial charge in [-0.2, -0.15) is 5.26 Å². The number of benzene rings is 1. The quantitative estimate of drug-likeness (QED) is 0.597. The van der Waals surface area contributed by atoms with Gasteiger partial charge in [0.1, 0.15) is 0 Å². The third-order valence-corrected chi connectivity index (χ3v) is 5.40. The zero-order chi connectivity index (χ0) is 18.8. The SMILES string of the molecule is Cc1c(CN2CCN(C(=O)CC3CC3)C(C)C2)cc(C#N)cc1[N+](=O)[O-]. The lowest BCUT2D eigenvalue weighted by molar-refractivity contribution is -0.385. The summed E-state index contributed by atoms with van der Waals surface area (Å²) < 4.78 is 0. The normalized spacial score (nSPS) is 20.7. The molecule has 7 nitrogen and oxygen atoms in total. The van der Waals surface area contributed by atoms with Crippen LogP contribution in [0.25, 0.3) is 0 Å². The third-order valence-electron chi connectivity index (χ3n) is 5.40. The van der Waals surface area contributed by atoms with Crippen LogP contribution in [0.3, 0.4) is 0 Å². The number of nitrogens with zero attached hydrogens (tertiary/aromatic N) is 4. The predicted molar refractivity (Wildman–Crippen MR) is 96.3 cm³/mol. The number of hydrogen-bond acceptors (Lipinski definition) is 5. The van der Waals surface area contributed by atoms with Gasteiger partial charge in [0.15, 0.2) is 0 Å². The van der Waals surface area contributed by atoms with Crippen LogP contribution >= 0.6 is 0 Å². The fourth-order valence-electron chi connectivity index (χ4n) is 3.65. The molecule has 2 aliphatic rings. The van der Waals surface area contributed by atoms with E-state index in [0.29, 0.717) is 36.6 Å². The molecule has 0 spiro atoms. The molecule has 0 bridgehead atoms. The molecule has 1 aromatic rings. The molecule has 1 saturated heterocycles. The van der Waals surface area contributed by atoms with Crippen LogP contribution in [0.2, 0.25) is 0 Å². The number of nitro benzene ring substituents is 1. The van der Waals surface area contributed by atoms with Gasteiger partial charge in [-0.3, -0.25) is 19.8 Å². The highest BCUT2D eigenvalue weighted by Gasteiger charge is 2.32. The summed E-state index contributed by atoms with van der Waals surface area (Å²) in [5.74, 6) is 0.836. The Hall–Kier alpha value is -2.46. The van der Waals surface area contributed by atoms with Crippen LogP contribution in [0.4, 0.5) is 5.69 Å². The van der Waals surface area contributed by atoms with Gasteiger partial charge < -0.3 is 4.90 Å². The molecule has 1 aromatic carbocycles. The highest BCUT2D eigenvalue weighted by Crippen LogP contribution is 2.33. The Labute approximate surface area is 153 Å². The van der Waals surface area contributed by atoms with Gasteiger partial charge in [0.2, 0.25) is 5.91 Å². The maximum Gasteiger partial charge on any atom is 0.273 e. The largest absolute Gasteiger partial charge is 0.337 e. The van der Waals surface area contributed by atoms with Gasteiger partial charge in [0, 0.05) is 50.3 Å². The van der Waals surface area contributed by atoms with E-state index in [2.05, 4.69) is 11.8 Å². The third kappa shape index (κ3) is 4.02. The molecule has 3 rings (SSSR count). The highest BCUT2D eigenvalue weighted by molar-refractivity contribution is 5.77. The van der Waals surface area contributed by atoms with Crippen molar-refractivity contribution in [2.75, 3.05) is 19.6 Å². The first kappa shape index (κ1) is 18.3. The van der Waals surface area contributed by atoms with Crippen LogP contribution in [0, 0.1) is 34.3 Å². The number of carbonyl (C=O) groups is 1. The number of nitro groups is 1. The minimum Gasteiger partial charge on any atom is -0.337 e. The molecule has 1 atom stereocenters. The Morgan fingerprint density at radius 3 is 2.69 bits per heavy atom. The fraction of sp³-hybridized carbons (Fsp3) is 0.579. The molecule has 0 aromatic heterocycles. The van der Waals surface area contributed by atoms with Crippen molar-refractivity contribution >= 4 is 11.6 Å². The van der Waals surface area contributed by atoms with Crippen molar-refractivity contribution in [3.05, 3.63) is 38.9 Å².